The van der Waals surface area contributed by atoms with E-state index in [9.17, 15) is 14.5 Å². The Morgan fingerprint density at radius 3 is 2.94 bits per heavy atom. The number of aromatic amines is 1. The van der Waals surface area contributed by atoms with Crippen molar-refractivity contribution in [1.82, 2.24) is 10.2 Å². The van der Waals surface area contributed by atoms with Gasteiger partial charge in [0.2, 0.25) is 0 Å². The molecule has 1 aromatic heterocycles. The van der Waals surface area contributed by atoms with Crippen molar-refractivity contribution in [2.45, 2.75) is 13.5 Å². The molecule has 0 radical (unpaired) electrons. The lowest BCUT2D eigenvalue weighted by molar-refractivity contribution is -0.384. The summed E-state index contributed by atoms with van der Waals surface area (Å²) >= 11 is 0. The second-order valence-corrected chi connectivity index (χ2v) is 3.79. The molecule has 0 fully saturated rings. The quantitative estimate of drug-likeness (QED) is 0.644. The van der Waals surface area contributed by atoms with Crippen LogP contribution in [0.5, 0.6) is 0 Å². The summed E-state index contributed by atoms with van der Waals surface area (Å²) in [5.74, 6) is -0.521. The Balaban J connectivity index is 2.20. The first-order chi connectivity index (χ1) is 8.58. The first-order valence-corrected chi connectivity index (χ1v) is 5.24. The van der Waals surface area contributed by atoms with Crippen LogP contribution in [0.25, 0.3) is 0 Å². The number of anilines is 1. The predicted molar refractivity (Wildman–Crippen MR) is 63.7 cm³/mol. The molecule has 6 nitrogen and oxygen atoms in total. The van der Waals surface area contributed by atoms with E-state index in [1.54, 1.807) is 6.20 Å². The Hall–Kier alpha value is -2.44. The number of nitro groups is 1. The highest BCUT2D eigenvalue weighted by Crippen LogP contribution is 2.25. The second kappa shape index (κ2) is 4.82. The van der Waals surface area contributed by atoms with Gasteiger partial charge in [0.25, 0.3) is 5.69 Å². The van der Waals surface area contributed by atoms with Crippen LogP contribution in [0.2, 0.25) is 0 Å². The van der Waals surface area contributed by atoms with Crippen molar-refractivity contribution in [3.8, 4) is 0 Å². The number of rotatable bonds is 4. The molecule has 7 heteroatoms. The minimum atomic E-state index is -0.552. The van der Waals surface area contributed by atoms with Crippen LogP contribution >= 0.6 is 0 Å². The first kappa shape index (κ1) is 12.0. The summed E-state index contributed by atoms with van der Waals surface area (Å²) in [6, 6.07) is 3.31. The van der Waals surface area contributed by atoms with Crippen molar-refractivity contribution in [2.75, 3.05) is 5.32 Å². The van der Waals surface area contributed by atoms with Gasteiger partial charge in [-0.25, -0.2) is 4.39 Å². The number of aromatic nitrogens is 2. The molecule has 0 aliphatic carbocycles. The van der Waals surface area contributed by atoms with Gasteiger partial charge in [-0.1, -0.05) is 0 Å². The third-order valence-electron chi connectivity index (χ3n) is 2.56. The molecule has 1 heterocycles. The normalized spacial score (nSPS) is 10.3. The predicted octanol–water partition coefficient (Wildman–Crippen LogP) is 2.38. The molecule has 0 saturated heterocycles. The van der Waals surface area contributed by atoms with Crippen LogP contribution < -0.4 is 5.32 Å². The number of hydrogen-bond acceptors (Lipinski definition) is 4. The van der Waals surface area contributed by atoms with E-state index in [0.717, 1.165) is 29.5 Å². The number of H-pyrrole nitrogens is 1. The number of aryl methyl sites for hydroxylation is 1. The summed E-state index contributed by atoms with van der Waals surface area (Å²) in [6.07, 6.45) is 1.62. The van der Waals surface area contributed by atoms with Crippen LogP contribution in [0.3, 0.4) is 0 Å². The minimum Gasteiger partial charge on any atom is -0.375 e. The maximum Gasteiger partial charge on any atom is 0.292 e. The van der Waals surface area contributed by atoms with Crippen LogP contribution in [-0.4, -0.2) is 15.1 Å². The lowest BCUT2D eigenvalue weighted by atomic mass is 10.2. The fourth-order valence-corrected chi connectivity index (χ4v) is 1.55. The maximum atomic E-state index is 13.1. The fraction of sp³-hybridized carbons (Fsp3) is 0.182. The lowest BCUT2D eigenvalue weighted by Crippen LogP contribution is -2.03. The molecule has 94 valence electrons. The zero-order chi connectivity index (χ0) is 13.1. The van der Waals surface area contributed by atoms with Gasteiger partial charge in [-0.2, -0.15) is 5.10 Å². The average Bonchev–Trinajstić information content (AvgIpc) is 2.72. The van der Waals surface area contributed by atoms with Crippen LogP contribution in [0.4, 0.5) is 15.8 Å². The van der Waals surface area contributed by atoms with Gasteiger partial charge in [0.1, 0.15) is 11.5 Å². The van der Waals surface area contributed by atoms with Crippen LogP contribution in [-0.2, 0) is 6.54 Å². The summed E-state index contributed by atoms with van der Waals surface area (Å²) in [5, 5.41) is 20.2. The molecule has 0 unspecified atom stereocenters. The Kier molecular flexibility index (Phi) is 3.22. The van der Waals surface area contributed by atoms with Gasteiger partial charge in [0, 0.05) is 29.9 Å². The molecule has 0 amide bonds. The number of halogens is 1. The topological polar surface area (TPSA) is 83.8 Å². The zero-order valence-electron chi connectivity index (χ0n) is 9.61. The Labute approximate surface area is 102 Å². The van der Waals surface area contributed by atoms with E-state index in [0.29, 0.717) is 6.54 Å². The summed E-state index contributed by atoms with van der Waals surface area (Å²) < 4.78 is 13.1. The highest BCUT2D eigenvalue weighted by atomic mass is 19.1. The smallest absolute Gasteiger partial charge is 0.292 e. The molecule has 2 N–H and O–H groups in total. The van der Waals surface area contributed by atoms with Crippen molar-refractivity contribution < 1.29 is 9.31 Å². The first-order valence-electron chi connectivity index (χ1n) is 5.24. The highest BCUT2D eigenvalue weighted by Gasteiger charge is 2.14. The third-order valence-corrected chi connectivity index (χ3v) is 2.56. The largest absolute Gasteiger partial charge is 0.375 e. The molecule has 0 aliphatic rings. The molecule has 0 saturated carbocycles. The molecule has 1 aromatic carbocycles. The van der Waals surface area contributed by atoms with Gasteiger partial charge >= 0.3 is 0 Å². The van der Waals surface area contributed by atoms with Crippen LogP contribution in [0.1, 0.15) is 11.3 Å². The number of hydrogen-bond donors (Lipinski definition) is 2. The van der Waals surface area contributed by atoms with Gasteiger partial charge in [0.05, 0.1) is 11.1 Å². The lowest BCUT2D eigenvalue weighted by Gasteiger charge is -2.06. The molecule has 2 aromatic rings. The van der Waals surface area contributed by atoms with Gasteiger partial charge < -0.3 is 5.32 Å². The molecule has 18 heavy (non-hydrogen) atoms. The summed E-state index contributed by atoms with van der Waals surface area (Å²) in [4.78, 5) is 10.2. The summed E-state index contributed by atoms with van der Waals surface area (Å²) in [5.41, 5.74) is 1.73. The van der Waals surface area contributed by atoms with Crippen molar-refractivity contribution >= 4 is 11.4 Å². The fourth-order valence-electron chi connectivity index (χ4n) is 1.55. The van der Waals surface area contributed by atoms with Gasteiger partial charge in [-0.15, -0.1) is 0 Å². The second-order valence-electron chi connectivity index (χ2n) is 3.79. The molecular formula is C11H11FN4O2. The van der Waals surface area contributed by atoms with E-state index in [2.05, 4.69) is 15.5 Å². The molecule has 0 atom stereocenters. The summed E-state index contributed by atoms with van der Waals surface area (Å²) in [7, 11) is 0. The van der Waals surface area contributed by atoms with Crippen molar-refractivity contribution in [1.29, 1.82) is 0 Å². The SMILES string of the molecule is Cc1[nH]ncc1CNc1cc(F)ccc1[N+](=O)[O-]. The Morgan fingerprint density at radius 1 is 1.56 bits per heavy atom. The highest BCUT2D eigenvalue weighted by molar-refractivity contribution is 5.61. The van der Waals surface area contributed by atoms with Gasteiger partial charge in [-0.3, -0.25) is 15.2 Å². The van der Waals surface area contributed by atoms with Gasteiger partial charge in [-0.05, 0) is 13.0 Å². The number of nitro benzene ring substituents is 1. The van der Waals surface area contributed by atoms with Crippen molar-refractivity contribution in [3.63, 3.8) is 0 Å². The zero-order valence-corrected chi connectivity index (χ0v) is 9.61. The Bertz CT molecular complexity index is 582. The monoisotopic (exact) mass is 250 g/mol. The molecule has 0 aliphatic heterocycles. The van der Waals surface area contributed by atoms with E-state index in [1.165, 1.54) is 0 Å². The minimum absolute atomic E-state index is 0.153. The number of benzene rings is 1. The summed E-state index contributed by atoms with van der Waals surface area (Å²) in [6.45, 7) is 2.18. The standard InChI is InChI=1S/C11H11FN4O2/c1-7-8(6-14-15-7)5-13-10-4-9(12)2-3-11(10)16(17)18/h2-4,6,13H,5H2,1H3,(H,14,15). The van der Waals surface area contributed by atoms with Crippen molar-refractivity contribution in [2.24, 2.45) is 0 Å². The van der Waals surface area contributed by atoms with E-state index in [1.807, 2.05) is 6.92 Å². The molecule has 2 rings (SSSR count). The van der Waals surface area contributed by atoms with E-state index in [4.69, 9.17) is 0 Å². The molecule has 0 spiro atoms. The van der Waals surface area contributed by atoms with Crippen LogP contribution in [0, 0.1) is 22.9 Å². The molecule has 0 bridgehead atoms. The average molecular weight is 250 g/mol. The third kappa shape index (κ3) is 2.45. The van der Waals surface area contributed by atoms with E-state index >= 15 is 0 Å². The van der Waals surface area contributed by atoms with E-state index < -0.39 is 10.7 Å². The number of nitrogens with zero attached hydrogens (tertiary/aromatic N) is 2. The van der Waals surface area contributed by atoms with Crippen molar-refractivity contribution in [3.05, 3.63) is 51.6 Å². The maximum absolute atomic E-state index is 13.1. The molecular weight excluding hydrogens is 239 g/mol. The van der Waals surface area contributed by atoms with E-state index in [-0.39, 0.29) is 11.4 Å². The number of nitrogens with one attached hydrogen (secondary N) is 2. The van der Waals surface area contributed by atoms with Gasteiger partial charge in [0.15, 0.2) is 0 Å². The Morgan fingerprint density at radius 2 is 2.33 bits per heavy atom. The van der Waals surface area contributed by atoms with Crippen LogP contribution in [0.15, 0.2) is 24.4 Å².